The van der Waals surface area contributed by atoms with Gasteiger partial charge in [-0.25, -0.2) is 4.98 Å². The molecule has 2 rings (SSSR count). The molecule has 1 fully saturated rings. The molecule has 1 saturated heterocycles. The number of amides is 1. The van der Waals surface area contributed by atoms with Crippen LogP contribution in [-0.4, -0.2) is 30.5 Å². The van der Waals surface area contributed by atoms with Crippen LogP contribution in [0, 0.1) is 0 Å². The summed E-state index contributed by atoms with van der Waals surface area (Å²) in [5.41, 5.74) is 6.31. The maximum absolute atomic E-state index is 11.7. The lowest BCUT2D eigenvalue weighted by molar-refractivity contribution is -0.117. The van der Waals surface area contributed by atoms with Crippen molar-refractivity contribution in [2.75, 3.05) is 30.3 Å². The van der Waals surface area contributed by atoms with Gasteiger partial charge in [0.05, 0.1) is 18.4 Å². The molecular weight excluding hydrogens is 192 g/mol. The molecule has 0 aliphatic carbocycles. The van der Waals surface area contributed by atoms with E-state index in [1.165, 1.54) is 0 Å². The zero-order valence-corrected chi connectivity index (χ0v) is 8.44. The lowest BCUT2D eigenvalue weighted by Gasteiger charge is -2.19. The molecule has 0 unspecified atom stereocenters. The smallest absolute Gasteiger partial charge is 0.240 e. The largest absolute Gasteiger partial charge is 0.384 e. The number of aromatic nitrogens is 1. The molecule has 1 aliphatic rings. The molecule has 80 valence electrons. The number of nitrogen functional groups attached to an aromatic ring is 1. The Morgan fingerprint density at radius 3 is 3.07 bits per heavy atom. The molecule has 15 heavy (non-hydrogen) atoms. The molecule has 1 aliphatic heterocycles. The number of pyridine rings is 1. The maximum Gasteiger partial charge on any atom is 0.240 e. The van der Waals surface area contributed by atoms with Crippen molar-refractivity contribution < 1.29 is 4.79 Å². The first-order valence-corrected chi connectivity index (χ1v) is 5.00. The third-order valence-corrected chi connectivity index (χ3v) is 2.39. The van der Waals surface area contributed by atoms with E-state index in [0.29, 0.717) is 12.4 Å². The van der Waals surface area contributed by atoms with Gasteiger partial charge in [0, 0.05) is 6.54 Å². The van der Waals surface area contributed by atoms with Gasteiger partial charge in [-0.3, -0.25) is 4.79 Å². The van der Waals surface area contributed by atoms with Crippen molar-refractivity contribution in [1.82, 2.24) is 10.3 Å². The summed E-state index contributed by atoms with van der Waals surface area (Å²) in [6, 6.07) is 3.53. The highest BCUT2D eigenvalue weighted by atomic mass is 16.2. The molecular formula is C10H14N4O. The van der Waals surface area contributed by atoms with Crippen molar-refractivity contribution in [2.24, 2.45) is 0 Å². The lowest BCUT2D eigenvalue weighted by atomic mass is 10.3. The van der Waals surface area contributed by atoms with Crippen molar-refractivity contribution >= 4 is 17.4 Å². The van der Waals surface area contributed by atoms with Crippen LogP contribution in [0.25, 0.3) is 0 Å². The number of nitrogens with two attached hydrogens (primary N) is 1. The molecule has 0 spiro atoms. The number of carbonyl (C=O) groups is 1. The van der Waals surface area contributed by atoms with Crippen LogP contribution in [0.15, 0.2) is 18.3 Å². The number of rotatable bonds is 1. The summed E-state index contributed by atoms with van der Waals surface area (Å²) in [5.74, 6) is 0.554. The van der Waals surface area contributed by atoms with E-state index in [4.69, 9.17) is 5.73 Å². The van der Waals surface area contributed by atoms with Crippen LogP contribution >= 0.6 is 0 Å². The first-order chi connectivity index (χ1) is 7.27. The van der Waals surface area contributed by atoms with Crippen LogP contribution in [0.2, 0.25) is 0 Å². The van der Waals surface area contributed by atoms with Crippen LogP contribution < -0.4 is 16.0 Å². The van der Waals surface area contributed by atoms with Crippen LogP contribution in [0.3, 0.4) is 0 Å². The van der Waals surface area contributed by atoms with Crippen LogP contribution in [0.5, 0.6) is 0 Å². The third kappa shape index (κ3) is 2.24. The number of hydrogen-bond acceptors (Lipinski definition) is 4. The second-order valence-electron chi connectivity index (χ2n) is 3.52. The average molecular weight is 206 g/mol. The Bertz CT molecular complexity index is 349. The Labute approximate surface area is 88.3 Å². The number of nitrogens with one attached hydrogen (secondary N) is 1. The van der Waals surface area contributed by atoms with Gasteiger partial charge in [-0.15, -0.1) is 0 Å². The second-order valence-corrected chi connectivity index (χ2v) is 3.52. The minimum Gasteiger partial charge on any atom is -0.384 e. The fourth-order valence-electron chi connectivity index (χ4n) is 1.61. The van der Waals surface area contributed by atoms with Gasteiger partial charge in [-0.05, 0) is 25.1 Å². The highest BCUT2D eigenvalue weighted by Gasteiger charge is 2.17. The van der Waals surface area contributed by atoms with E-state index in [9.17, 15) is 4.79 Å². The van der Waals surface area contributed by atoms with E-state index in [1.807, 2.05) is 6.07 Å². The van der Waals surface area contributed by atoms with Gasteiger partial charge in [0.15, 0.2) is 0 Å². The first kappa shape index (κ1) is 9.92. The molecule has 0 atom stereocenters. The van der Waals surface area contributed by atoms with Gasteiger partial charge in [0.25, 0.3) is 0 Å². The molecule has 1 aromatic heterocycles. The topological polar surface area (TPSA) is 71.2 Å². The van der Waals surface area contributed by atoms with E-state index < -0.39 is 0 Å². The molecule has 5 nitrogen and oxygen atoms in total. The quantitative estimate of drug-likeness (QED) is 0.678. The summed E-state index contributed by atoms with van der Waals surface area (Å²) in [5, 5.41) is 3.07. The maximum atomic E-state index is 11.7. The molecule has 1 aromatic rings. The van der Waals surface area contributed by atoms with E-state index >= 15 is 0 Å². The Hall–Kier alpha value is -1.62. The van der Waals surface area contributed by atoms with Crippen LogP contribution in [0.1, 0.15) is 6.42 Å². The van der Waals surface area contributed by atoms with Gasteiger partial charge < -0.3 is 16.0 Å². The fraction of sp³-hybridized carbons (Fsp3) is 0.400. The molecule has 1 amide bonds. The number of hydrogen-bond donors (Lipinski definition) is 2. The van der Waals surface area contributed by atoms with E-state index in [1.54, 1.807) is 17.2 Å². The van der Waals surface area contributed by atoms with Gasteiger partial charge in [0.2, 0.25) is 5.91 Å². The minimum atomic E-state index is 0.0825. The SMILES string of the molecule is Nc1ccc(N2CCCNCC2=O)cn1. The van der Waals surface area contributed by atoms with Gasteiger partial charge in [-0.1, -0.05) is 0 Å². The number of carbonyl (C=O) groups excluding carboxylic acids is 1. The predicted octanol–water partition coefficient (Wildman–Crippen LogP) is -0.00990. The Morgan fingerprint density at radius 2 is 2.33 bits per heavy atom. The first-order valence-electron chi connectivity index (χ1n) is 5.00. The summed E-state index contributed by atoms with van der Waals surface area (Å²) in [6.45, 7) is 2.01. The van der Waals surface area contributed by atoms with Crippen molar-refractivity contribution in [3.05, 3.63) is 18.3 Å². The molecule has 0 aromatic carbocycles. The second kappa shape index (κ2) is 4.27. The molecule has 0 bridgehead atoms. The van der Waals surface area contributed by atoms with Gasteiger partial charge >= 0.3 is 0 Å². The summed E-state index contributed by atoms with van der Waals surface area (Å²) in [7, 11) is 0. The van der Waals surface area contributed by atoms with Crippen LogP contribution in [-0.2, 0) is 4.79 Å². The molecule has 0 radical (unpaired) electrons. The zero-order valence-electron chi connectivity index (χ0n) is 8.44. The van der Waals surface area contributed by atoms with Crippen molar-refractivity contribution in [2.45, 2.75) is 6.42 Å². The standard InChI is InChI=1S/C10H14N4O/c11-9-3-2-8(6-13-9)14-5-1-4-12-7-10(14)15/h2-3,6,12H,1,4-5,7H2,(H2,11,13). The fourth-order valence-corrected chi connectivity index (χ4v) is 1.61. The van der Waals surface area contributed by atoms with E-state index in [0.717, 1.165) is 25.2 Å². The van der Waals surface area contributed by atoms with E-state index in [-0.39, 0.29) is 5.91 Å². The van der Waals surface area contributed by atoms with Crippen molar-refractivity contribution in [1.29, 1.82) is 0 Å². The number of anilines is 2. The van der Waals surface area contributed by atoms with Crippen LogP contribution in [0.4, 0.5) is 11.5 Å². The minimum absolute atomic E-state index is 0.0825. The summed E-state index contributed by atoms with van der Waals surface area (Å²) >= 11 is 0. The highest BCUT2D eigenvalue weighted by molar-refractivity contribution is 5.94. The molecule has 0 saturated carbocycles. The Balaban J connectivity index is 2.20. The Kier molecular flexibility index (Phi) is 2.82. The lowest BCUT2D eigenvalue weighted by Crippen LogP contribution is -2.34. The molecule has 2 heterocycles. The van der Waals surface area contributed by atoms with Crippen molar-refractivity contribution in [3.63, 3.8) is 0 Å². The Morgan fingerprint density at radius 1 is 1.47 bits per heavy atom. The van der Waals surface area contributed by atoms with Crippen molar-refractivity contribution in [3.8, 4) is 0 Å². The normalized spacial score (nSPS) is 17.6. The highest BCUT2D eigenvalue weighted by Crippen LogP contribution is 2.15. The summed E-state index contributed by atoms with van der Waals surface area (Å²) in [4.78, 5) is 17.4. The monoisotopic (exact) mass is 206 g/mol. The van der Waals surface area contributed by atoms with Gasteiger partial charge in [-0.2, -0.15) is 0 Å². The molecule has 5 heteroatoms. The van der Waals surface area contributed by atoms with Gasteiger partial charge in [0.1, 0.15) is 5.82 Å². The molecule has 3 N–H and O–H groups in total. The predicted molar refractivity (Wildman–Crippen MR) is 58.5 cm³/mol. The summed E-state index contributed by atoms with van der Waals surface area (Å²) < 4.78 is 0. The van der Waals surface area contributed by atoms with E-state index in [2.05, 4.69) is 10.3 Å². The third-order valence-electron chi connectivity index (χ3n) is 2.39. The average Bonchev–Trinajstić information content (AvgIpc) is 2.44. The number of nitrogens with zero attached hydrogens (tertiary/aromatic N) is 2. The summed E-state index contributed by atoms with van der Waals surface area (Å²) in [6.07, 6.45) is 2.59. The zero-order chi connectivity index (χ0) is 10.7.